The van der Waals surface area contributed by atoms with Crippen molar-refractivity contribution in [1.82, 2.24) is 0 Å². The molecule has 118 valence electrons. The van der Waals surface area contributed by atoms with E-state index in [1.54, 1.807) is 6.92 Å². The van der Waals surface area contributed by atoms with Crippen molar-refractivity contribution in [1.29, 1.82) is 0 Å². The second-order valence-electron chi connectivity index (χ2n) is 4.35. The number of esters is 1. The average Bonchev–Trinajstić information content (AvgIpc) is 2.46. The van der Waals surface area contributed by atoms with Crippen LogP contribution in [0.3, 0.4) is 0 Å². The van der Waals surface area contributed by atoms with Crippen molar-refractivity contribution in [3.63, 3.8) is 0 Å². The quantitative estimate of drug-likeness (QED) is 0.166. The molecule has 0 aliphatic rings. The van der Waals surface area contributed by atoms with Crippen molar-refractivity contribution in [2.45, 2.75) is 46.0 Å². The third kappa shape index (κ3) is 9.40. The number of rotatable bonds is 10. The lowest BCUT2D eigenvalue weighted by molar-refractivity contribution is -0.139. The molecule has 0 fully saturated rings. The zero-order valence-corrected chi connectivity index (χ0v) is 12.5. The van der Waals surface area contributed by atoms with E-state index < -0.39 is 12.1 Å². The van der Waals surface area contributed by atoms with Gasteiger partial charge in [-0.2, -0.15) is 0 Å². The van der Waals surface area contributed by atoms with E-state index in [-0.39, 0.29) is 11.3 Å². The fraction of sp³-hybridized carbons (Fsp3) is 0.643. The van der Waals surface area contributed by atoms with Crippen LogP contribution < -0.4 is 5.73 Å². The van der Waals surface area contributed by atoms with Crippen molar-refractivity contribution in [2.75, 3.05) is 13.2 Å². The highest BCUT2D eigenvalue weighted by atomic mass is 16.6. The lowest BCUT2D eigenvalue weighted by Crippen LogP contribution is -2.16. The molecule has 0 radical (unpaired) electrons. The Morgan fingerprint density at radius 3 is 2.43 bits per heavy atom. The molecule has 7 nitrogen and oxygen atoms in total. The highest BCUT2D eigenvalue weighted by Crippen LogP contribution is 2.12. The SMILES string of the molecule is CCC(OC(N)=O)=C(C)C(=O)OCCCCCCN=C=O. The fourth-order valence-corrected chi connectivity index (χ4v) is 1.61. The summed E-state index contributed by atoms with van der Waals surface area (Å²) in [5.74, 6) is -0.294. The minimum atomic E-state index is -0.947. The zero-order chi connectivity index (χ0) is 16.1. The third-order valence-corrected chi connectivity index (χ3v) is 2.73. The van der Waals surface area contributed by atoms with Crippen molar-refractivity contribution < 1.29 is 23.9 Å². The first kappa shape index (κ1) is 18.9. The van der Waals surface area contributed by atoms with E-state index in [1.807, 2.05) is 0 Å². The summed E-state index contributed by atoms with van der Waals surface area (Å²) >= 11 is 0. The van der Waals surface area contributed by atoms with Crippen LogP contribution in [-0.2, 0) is 19.1 Å². The van der Waals surface area contributed by atoms with Gasteiger partial charge in [-0.1, -0.05) is 13.3 Å². The molecule has 0 heterocycles. The van der Waals surface area contributed by atoms with Crippen LogP contribution in [0, 0.1) is 0 Å². The second kappa shape index (κ2) is 11.7. The van der Waals surface area contributed by atoms with Crippen LogP contribution in [0.2, 0.25) is 0 Å². The molecule has 0 aromatic heterocycles. The van der Waals surface area contributed by atoms with Crippen molar-refractivity contribution in [2.24, 2.45) is 10.7 Å². The molecule has 0 saturated heterocycles. The molecule has 1 amide bonds. The number of amides is 1. The van der Waals surface area contributed by atoms with Gasteiger partial charge in [-0.15, -0.1) is 0 Å². The molecule has 0 atom stereocenters. The molecule has 0 unspecified atom stereocenters. The van der Waals surface area contributed by atoms with Crippen molar-refractivity contribution >= 4 is 18.1 Å². The first-order valence-electron chi connectivity index (χ1n) is 6.90. The number of nitrogens with zero attached hydrogens (tertiary/aromatic N) is 1. The number of allylic oxidation sites excluding steroid dienone is 1. The first-order valence-corrected chi connectivity index (χ1v) is 6.90. The molecule has 0 bridgehead atoms. The fourth-order valence-electron chi connectivity index (χ4n) is 1.61. The van der Waals surface area contributed by atoms with E-state index in [4.69, 9.17) is 15.2 Å². The van der Waals surface area contributed by atoms with Crippen molar-refractivity contribution in [3.8, 4) is 0 Å². The summed E-state index contributed by atoms with van der Waals surface area (Å²) in [4.78, 5) is 35.7. The number of primary amides is 1. The number of aliphatic imine (C=N–C) groups is 1. The van der Waals surface area contributed by atoms with Crippen LogP contribution >= 0.6 is 0 Å². The molecule has 0 rings (SSSR count). The number of nitrogens with two attached hydrogens (primary N) is 1. The monoisotopic (exact) mass is 298 g/mol. The Bertz CT molecular complexity index is 425. The summed E-state index contributed by atoms with van der Waals surface area (Å²) in [7, 11) is 0. The molecule has 0 spiro atoms. The van der Waals surface area contributed by atoms with Gasteiger partial charge in [0.25, 0.3) is 0 Å². The van der Waals surface area contributed by atoms with Crippen molar-refractivity contribution in [3.05, 3.63) is 11.3 Å². The molecule has 0 aliphatic heterocycles. The van der Waals surface area contributed by atoms with Crippen LogP contribution in [0.25, 0.3) is 0 Å². The highest BCUT2D eigenvalue weighted by molar-refractivity contribution is 5.88. The Kier molecular flexibility index (Phi) is 10.5. The number of ether oxygens (including phenoxy) is 2. The molecule has 7 heteroatoms. The summed E-state index contributed by atoms with van der Waals surface area (Å²) < 4.78 is 9.82. The summed E-state index contributed by atoms with van der Waals surface area (Å²) in [6, 6.07) is 0. The second-order valence-corrected chi connectivity index (χ2v) is 4.35. The lowest BCUT2D eigenvalue weighted by Gasteiger charge is -2.09. The molecule has 2 N–H and O–H groups in total. The predicted molar refractivity (Wildman–Crippen MR) is 76.1 cm³/mol. The summed E-state index contributed by atoms with van der Waals surface area (Å²) in [5, 5.41) is 0. The van der Waals surface area contributed by atoms with Crippen LogP contribution in [0.15, 0.2) is 16.3 Å². The molecule has 0 saturated carbocycles. The Balaban J connectivity index is 3.99. The molecule has 0 aliphatic carbocycles. The number of carbonyl (C=O) groups excluding carboxylic acids is 3. The largest absolute Gasteiger partial charge is 0.462 e. The number of unbranched alkanes of at least 4 members (excludes halogenated alkanes) is 3. The zero-order valence-electron chi connectivity index (χ0n) is 12.5. The Hall–Kier alpha value is -2.14. The van der Waals surface area contributed by atoms with Gasteiger partial charge in [-0.3, -0.25) is 0 Å². The van der Waals surface area contributed by atoms with Gasteiger partial charge >= 0.3 is 12.1 Å². The van der Waals surface area contributed by atoms with Gasteiger partial charge < -0.3 is 15.2 Å². The van der Waals surface area contributed by atoms with Gasteiger partial charge in [0.2, 0.25) is 6.08 Å². The lowest BCUT2D eigenvalue weighted by atomic mass is 10.2. The van der Waals surface area contributed by atoms with E-state index in [9.17, 15) is 14.4 Å². The molecule has 0 aromatic carbocycles. The maximum Gasteiger partial charge on any atom is 0.409 e. The Morgan fingerprint density at radius 1 is 1.19 bits per heavy atom. The average molecular weight is 298 g/mol. The topological polar surface area (TPSA) is 108 Å². The van der Waals surface area contributed by atoms with Crippen LogP contribution in [0.4, 0.5) is 4.79 Å². The van der Waals surface area contributed by atoms with Crippen LogP contribution in [0.1, 0.15) is 46.0 Å². The van der Waals surface area contributed by atoms with Gasteiger partial charge in [0.05, 0.1) is 18.7 Å². The van der Waals surface area contributed by atoms with Gasteiger partial charge in [0.1, 0.15) is 5.76 Å². The summed E-state index contributed by atoms with van der Waals surface area (Å²) in [6.45, 7) is 4.05. The van der Waals surface area contributed by atoms with Gasteiger partial charge in [-0.25, -0.2) is 19.4 Å². The van der Waals surface area contributed by atoms with E-state index in [0.29, 0.717) is 19.6 Å². The number of carbonyl (C=O) groups is 2. The maximum atomic E-state index is 11.7. The van der Waals surface area contributed by atoms with Gasteiger partial charge in [-0.05, 0) is 26.2 Å². The third-order valence-electron chi connectivity index (χ3n) is 2.73. The standard InChI is InChI=1S/C14H22N2O5/c1-3-12(21-14(15)19)11(2)13(18)20-9-7-5-4-6-8-16-10-17/h3-9H2,1-2H3,(H2,15,19). The minimum absolute atomic E-state index is 0.222. The number of hydrogen-bond donors (Lipinski definition) is 1. The summed E-state index contributed by atoms with van der Waals surface area (Å²) in [5.41, 5.74) is 5.16. The van der Waals surface area contributed by atoms with Crippen LogP contribution in [0.5, 0.6) is 0 Å². The Morgan fingerprint density at radius 2 is 1.86 bits per heavy atom. The van der Waals surface area contributed by atoms with Gasteiger partial charge in [0, 0.05) is 6.42 Å². The summed E-state index contributed by atoms with van der Waals surface area (Å²) in [6.07, 6.45) is 4.23. The molecule has 21 heavy (non-hydrogen) atoms. The van der Waals surface area contributed by atoms with E-state index in [0.717, 1.165) is 25.7 Å². The normalized spacial score (nSPS) is 11.1. The highest BCUT2D eigenvalue weighted by Gasteiger charge is 2.14. The van der Waals surface area contributed by atoms with E-state index >= 15 is 0 Å². The number of isocyanates is 1. The van der Waals surface area contributed by atoms with Gasteiger partial charge in [0.15, 0.2) is 0 Å². The first-order chi connectivity index (χ1) is 10.0. The Labute approximate surface area is 124 Å². The maximum absolute atomic E-state index is 11.7. The molecular formula is C14H22N2O5. The molecular weight excluding hydrogens is 276 g/mol. The number of hydrogen-bond acceptors (Lipinski definition) is 6. The molecule has 0 aromatic rings. The van der Waals surface area contributed by atoms with Crippen LogP contribution in [-0.4, -0.2) is 31.3 Å². The van der Waals surface area contributed by atoms with E-state index in [2.05, 4.69) is 4.99 Å². The minimum Gasteiger partial charge on any atom is -0.462 e. The smallest absolute Gasteiger partial charge is 0.409 e. The van der Waals surface area contributed by atoms with E-state index in [1.165, 1.54) is 13.0 Å². The predicted octanol–water partition coefficient (Wildman–Crippen LogP) is 2.21.